The van der Waals surface area contributed by atoms with Gasteiger partial charge in [-0.15, -0.1) is 0 Å². The summed E-state index contributed by atoms with van der Waals surface area (Å²) in [6.07, 6.45) is 12.6. The SMILES string of the molecule is C1=Cc2cc3ccc(cc4nc(cc5ccc(cc1n2)[nH]5)C=C4)[nH]3.[Co].[SiH4].c1ccc2c(c1)Cc1ccccc1-2.c1ccc2nccnc2c1. The molecule has 0 saturated heterocycles. The molecule has 0 spiro atoms. The minimum Gasteiger partial charge on any atom is -0.355 e. The van der Waals surface area contributed by atoms with Gasteiger partial charge in [-0.3, -0.25) is 9.97 Å². The van der Waals surface area contributed by atoms with E-state index >= 15 is 0 Å². The van der Waals surface area contributed by atoms with E-state index in [1.165, 1.54) is 22.3 Å². The molecule has 241 valence electrons. The summed E-state index contributed by atoms with van der Waals surface area (Å²) in [5.74, 6) is 0. The Balaban J connectivity index is 0.000000140. The quantitative estimate of drug-likeness (QED) is 0.157. The predicted octanol–water partition coefficient (Wildman–Crippen LogP) is 8.09. The number of nitrogens with one attached hydrogen (secondary N) is 2. The van der Waals surface area contributed by atoms with E-state index < -0.39 is 0 Å². The second-order valence-electron chi connectivity index (χ2n) is 11.4. The van der Waals surface area contributed by atoms with Crippen LogP contribution in [0.4, 0.5) is 0 Å². The number of hydrogen-bond acceptors (Lipinski definition) is 4. The van der Waals surface area contributed by atoms with Gasteiger partial charge in [-0.1, -0.05) is 60.7 Å². The zero-order valence-corrected chi connectivity index (χ0v) is 26.9. The van der Waals surface area contributed by atoms with Crippen molar-refractivity contribution in [3.63, 3.8) is 0 Å². The number of para-hydroxylation sites is 2. The van der Waals surface area contributed by atoms with Crippen LogP contribution in [-0.4, -0.2) is 40.9 Å². The normalized spacial score (nSPS) is 11.5. The fraction of sp³-hybridized carbons (Fsp3) is 0.0244. The molecule has 10 rings (SSSR count). The van der Waals surface area contributed by atoms with Gasteiger partial charge in [0.05, 0.1) is 33.8 Å². The van der Waals surface area contributed by atoms with Crippen LogP contribution in [-0.2, 0) is 23.2 Å². The van der Waals surface area contributed by atoms with Crippen molar-refractivity contribution in [3.8, 4) is 11.1 Å². The van der Waals surface area contributed by atoms with Crippen molar-refractivity contribution >= 4 is 68.4 Å². The molecule has 8 heteroatoms. The smallest absolute Gasteiger partial charge is 0.0886 e. The molecule has 2 N–H and O–H groups in total. The molecular formula is C41H34CoN6Si. The summed E-state index contributed by atoms with van der Waals surface area (Å²) in [7, 11) is 0. The maximum Gasteiger partial charge on any atom is 0.0886 e. The van der Waals surface area contributed by atoms with Gasteiger partial charge in [0.2, 0.25) is 0 Å². The van der Waals surface area contributed by atoms with E-state index in [4.69, 9.17) is 0 Å². The van der Waals surface area contributed by atoms with E-state index in [1.54, 1.807) is 12.4 Å². The fourth-order valence-corrected chi connectivity index (χ4v) is 5.93. The van der Waals surface area contributed by atoms with Crippen LogP contribution in [0.3, 0.4) is 0 Å². The van der Waals surface area contributed by atoms with Gasteiger partial charge in [0.15, 0.2) is 0 Å². The van der Waals surface area contributed by atoms with E-state index in [9.17, 15) is 0 Å². The molecule has 4 aromatic heterocycles. The summed E-state index contributed by atoms with van der Waals surface area (Å²) < 4.78 is 0. The van der Waals surface area contributed by atoms with E-state index in [-0.39, 0.29) is 27.7 Å². The average molecular weight is 698 g/mol. The summed E-state index contributed by atoms with van der Waals surface area (Å²) in [4.78, 5) is 24.3. The van der Waals surface area contributed by atoms with Crippen LogP contribution in [0, 0.1) is 0 Å². The summed E-state index contributed by atoms with van der Waals surface area (Å²) in [5.41, 5.74) is 15.5. The van der Waals surface area contributed by atoms with Gasteiger partial charge in [-0.25, -0.2) is 9.97 Å². The number of aromatic nitrogens is 6. The molecule has 0 unspecified atom stereocenters. The maximum absolute atomic E-state index is 4.63. The first-order valence-electron chi connectivity index (χ1n) is 15.6. The number of H-pyrrole nitrogens is 2. The van der Waals surface area contributed by atoms with E-state index in [1.807, 2.05) is 72.8 Å². The van der Waals surface area contributed by atoms with Crippen LogP contribution >= 0.6 is 0 Å². The molecular weight excluding hydrogens is 664 g/mol. The molecule has 3 aliphatic rings. The first kappa shape index (κ1) is 33.2. The summed E-state index contributed by atoms with van der Waals surface area (Å²) in [6, 6.07) is 41.5. The standard InChI is InChI=1S/C20H14N4.C13H10.C8H6N2.Co.H4Si/c1-2-14-10-16-5-6-18(23-16)12-20-8-7-19(24-20)11-17-4-3-15(22-17)9-13(1)21-14;1-3-7-12-10(5-1)9-11-6-2-4-8-13(11)12;1-2-4-8-7(3-1)9-5-6-10-8;;/h1-12,21,24H;1-8H,9H2;1-6H;;1H4. The van der Waals surface area contributed by atoms with E-state index in [0.717, 1.165) is 62.3 Å². The molecule has 8 bridgehead atoms. The predicted molar refractivity (Wildman–Crippen MR) is 204 cm³/mol. The molecule has 0 fully saturated rings. The maximum atomic E-state index is 4.63. The number of nitrogens with zero attached hydrogens (tertiary/aromatic N) is 4. The first-order valence-corrected chi connectivity index (χ1v) is 15.6. The van der Waals surface area contributed by atoms with Gasteiger partial charge < -0.3 is 9.97 Å². The third kappa shape index (κ3) is 7.73. The van der Waals surface area contributed by atoms with E-state index in [0.29, 0.717) is 0 Å². The monoisotopic (exact) mass is 697 g/mol. The van der Waals surface area contributed by atoms with Crippen molar-refractivity contribution < 1.29 is 16.8 Å². The number of fused-ring (bicyclic) bond motifs is 12. The van der Waals surface area contributed by atoms with Crippen LogP contribution in [0.15, 0.2) is 134 Å². The minimum absolute atomic E-state index is 0. The van der Waals surface area contributed by atoms with Crippen molar-refractivity contribution in [1.82, 2.24) is 29.9 Å². The topological polar surface area (TPSA) is 83.1 Å². The van der Waals surface area contributed by atoms with Crippen molar-refractivity contribution in [1.29, 1.82) is 0 Å². The second kappa shape index (κ2) is 15.0. The number of aromatic amines is 2. The van der Waals surface area contributed by atoms with Crippen molar-refractivity contribution in [3.05, 3.63) is 168 Å². The molecule has 0 saturated carbocycles. The molecule has 49 heavy (non-hydrogen) atoms. The molecule has 0 amide bonds. The molecule has 0 atom stereocenters. The third-order valence-electron chi connectivity index (χ3n) is 8.12. The van der Waals surface area contributed by atoms with Gasteiger partial charge in [-0.2, -0.15) is 0 Å². The molecule has 6 heterocycles. The van der Waals surface area contributed by atoms with Gasteiger partial charge >= 0.3 is 0 Å². The van der Waals surface area contributed by atoms with Crippen LogP contribution < -0.4 is 0 Å². The van der Waals surface area contributed by atoms with Crippen LogP contribution in [0.25, 0.3) is 68.5 Å². The average Bonchev–Trinajstić information content (AvgIpc) is 3.95. The first-order chi connectivity index (χ1) is 23.2. The molecule has 1 radical (unpaired) electrons. The van der Waals surface area contributed by atoms with Gasteiger partial charge in [0.1, 0.15) is 0 Å². The minimum atomic E-state index is 0. The molecule has 2 aliphatic heterocycles. The van der Waals surface area contributed by atoms with Crippen LogP contribution in [0.5, 0.6) is 0 Å². The molecule has 7 aromatic rings. The Morgan fingerprint density at radius 3 is 1.16 bits per heavy atom. The van der Waals surface area contributed by atoms with Crippen molar-refractivity contribution in [2.24, 2.45) is 0 Å². The summed E-state index contributed by atoms with van der Waals surface area (Å²) >= 11 is 0. The zero-order valence-electron chi connectivity index (χ0n) is 25.8. The van der Waals surface area contributed by atoms with Crippen LogP contribution in [0.1, 0.15) is 33.9 Å². The Bertz CT molecular complexity index is 2200. The number of rotatable bonds is 0. The Hall–Kier alpha value is -5.68. The fourth-order valence-electron chi connectivity index (χ4n) is 5.93. The Morgan fingerprint density at radius 1 is 0.429 bits per heavy atom. The summed E-state index contributed by atoms with van der Waals surface area (Å²) in [6.45, 7) is 0. The zero-order chi connectivity index (χ0) is 31.4. The van der Waals surface area contributed by atoms with Gasteiger partial charge in [-0.05, 0) is 125 Å². The van der Waals surface area contributed by atoms with Crippen LogP contribution in [0.2, 0.25) is 0 Å². The Morgan fingerprint density at radius 2 is 0.776 bits per heavy atom. The second-order valence-corrected chi connectivity index (χ2v) is 11.4. The summed E-state index contributed by atoms with van der Waals surface area (Å²) in [5, 5.41) is 0. The number of benzene rings is 3. The molecule has 1 aliphatic carbocycles. The number of hydrogen-bond donors (Lipinski definition) is 2. The van der Waals surface area contributed by atoms with Crippen molar-refractivity contribution in [2.75, 3.05) is 0 Å². The van der Waals surface area contributed by atoms with Gasteiger partial charge in [0, 0.05) is 51.2 Å². The Labute approximate surface area is 299 Å². The molecule has 6 nitrogen and oxygen atoms in total. The Kier molecular flexibility index (Phi) is 10.2. The van der Waals surface area contributed by atoms with Crippen molar-refractivity contribution in [2.45, 2.75) is 6.42 Å². The van der Waals surface area contributed by atoms with Gasteiger partial charge in [0.25, 0.3) is 0 Å². The molecule has 3 aromatic carbocycles. The third-order valence-corrected chi connectivity index (χ3v) is 8.12. The largest absolute Gasteiger partial charge is 0.355 e. The van der Waals surface area contributed by atoms with E-state index in [2.05, 4.69) is 103 Å².